The third-order valence-electron chi connectivity index (χ3n) is 6.83. The van der Waals surface area contributed by atoms with E-state index in [4.69, 9.17) is 16.4 Å². The number of nitrogens with zero attached hydrogens (tertiary/aromatic N) is 1. The molecule has 10 heteroatoms. The first-order valence-electron chi connectivity index (χ1n) is 11.6. The summed E-state index contributed by atoms with van der Waals surface area (Å²) in [5.41, 5.74) is 0.301. The van der Waals surface area contributed by atoms with Gasteiger partial charge >= 0.3 is 0 Å². The van der Waals surface area contributed by atoms with Crippen molar-refractivity contribution in [2.24, 2.45) is 11.8 Å². The summed E-state index contributed by atoms with van der Waals surface area (Å²) in [6.45, 7) is 2.36. The SMILES string of the molecule is CC[C@@H]1C[C@H](C(=O)NC(c2cc(F)c(Cl)cc2F)C2CC2)N(C(=O)c2cccc(S(C)(=N)=O)c2)C1. The van der Waals surface area contributed by atoms with Crippen LogP contribution in [0.1, 0.15) is 54.6 Å². The van der Waals surface area contributed by atoms with Gasteiger partial charge in [-0.25, -0.2) is 17.8 Å². The van der Waals surface area contributed by atoms with Crippen molar-refractivity contribution >= 4 is 33.1 Å². The molecule has 2 N–H and O–H groups in total. The van der Waals surface area contributed by atoms with Crippen LogP contribution in [-0.2, 0) is 14.5 Å². The molecule has 4 atom stereocenters. The van der Waals surface area contributed by atoms with E-state index in [2.05, 4.69) is 5.32 Å². The van der Waals surface area contributed by atoms with Crippen molar-refractivity contribution in [3.63, 3.8) is 0 Å². The molecule has 6 nitrogen and oxygen atoms in total. The fourth-order valence-electron chi connectivity index (χ4n) is 4.63. The van der Waals surface area contributed by atoms with Gasteiger partial charge in [-0.3, -0.25) is 9.59 Å². The van der Waals surface area contributed by atoms with Gasteiger partial charge in [0.1, 0.15) is 17.7 Å². The van der Waals surface area contributed by atoms with Crippen LogP contribution in [0.15, 0.2) is 41.3 Å². The van der Waals surface area contributed by atoms with Crippen molar-refractivity contribution in [2.45, 2.75) is 49.6 Å². The van der Waals surface area contributed by atoms with Crippen LogP contribution < -0.4 is 5.32 Å². The zero-order chi connectivity index (χ0) is 25.5. The van der Waals surface area contributed by atoms with E-state index in [1.807, 2.05) is 6.92 Å². The normalized spacial score (nSPS) is 22.5. The summed E-state index contributed by atoms with van der Waals surface area (Å²) in [4.78, 5) is 28.6. The summed E-state index contributed by atoms with van der Waals surface area (Å²) in [6, 6.07) is 6.57. The minimum atomic E-state index is -3.01. The maximum atomic E-state index is 14.7. The second-order valence-electron chi connectivity index (χ2n) is 9.47. The monoisotopic (exact) mass is 523 g/mol. The quantitative estimate of drug-likeness (QED) is 0.491. The number of carbonyl (C=O) groups excluding carboxylic acids is 2. The Morgan fingerprint density at radius 2 is 1.94 bits per heavy atom. The van der Waals surface area contributed by atoms with Gasteiger partial charge in [-0.05, 0) is 61.4 Å². The minimum Gasteiger partial charge on any atom is -0.347 e. The van der Waals surface area contributed by atoms with Crippen LogP contribution >= 0.6 is 11.6 Å². The lowest BCUT2D eigenvalue weighted by Gasteiger charge is -2.27. The highest BCUT2D eigenvalue weighted by Gasteiger charge is 2.42. The van der Waals surface area contributed by atoms with Crippen LogP contribution in [0.5, 0.6) is 0 Å². The fourth-order valence-corrected chi connectivity index (χ4v) is 5.47. The third kappa shape index (κ3) is 5.51. The first-order chi connectivity index (χ1) is 16.5. The molecule has 2 unspecified atom stereocenters. The Morgan fingerprint density at radius 3 is 2.57 bits per heavy atom. The average molecular weight is 524 g/mol. The van der Waals surface area contributed by atoms with Crippen molar-refractivity contribution in [3.8, 4) is 0 Å². The largest absolute Gasteiger partial charge is 0.347 e. The van der Waals surface area contributed by atoms with Crippen molar-refractivity contribution in [1.82, 2.24) is 10.2 Å². The number of hydrogen-bond acceptors (Lipinski definition) is 4. The van der Waals surface area contributed by atoms with E-state index in [-0.39, 0.29) is 32.9 Å². The number of halogens is 3. The maximum absolute atomic E-state index is 14.7. The maximum Gasteiger partial charge on any atom is 0.254 e. The Balaban J connectivity index is 1.60. The van der Waals surface area contributed by atoms with E-state index < -0.39 is 45.3 Å². The number of likely N-dealkylation sites (tertiary alicyclic amines) is 1. The summed E-state index contributed by atoms with van der Waals surface area (Å²) in [5, 5.41) is 2.56. The first-order valence-corrected chi connectivity index (χ1v) is 13.9. The van der Waals surface area contributed by atoms with E-state index in [0.717, 1.165) is 31.4 Å². The van der Waals surface area contributed by atoms with Crippen molar-refractivity contribution in [1.29, 1.82) is 4.78 Å². The lowest BCUT2D eigenvalue weighted by atomic mass is 9.99. The van der Waals surface area contributed by atoms with Crippen LogP contribution in [0.3, 0.4) is 0 Å². The Kier molecular flexibility index (Phi) is 7.20. The van der Waals surface area contributed by atoms with Gasteiger partial charge < -0.3 is 10.2 Å². The summed E-state index contributed by atoms with van der Waals surface area (Å²) in [5.74, 6) is -2.17. The number of rotatable bonds is 7. The second-order valence-corrected chi connectivity index (χ2v) is 12.0. The van der Waals surface area contributed by atoms with Gasteiger partial charge in [-0.2, -0.15) is 0 Å². The summed E-state index contributed by atoms with van der Waals surface area (Å²) in [7, 11) is -3.01. The number of amides is 2. The number of nitrogens with one attached hydrogen (secondary N) is 2. The highest BCUT2D eigenvalue weighted by molar-refractivity contribution is 7.91. The number of carbonyl (C=O) groups is 2. The molecule has 0 radical (unpaired) electrons. The van der Waals surface area contributed by atoms with Gasteiger partial charge in [0.15, 0.2) is 0 Å². The van der Waals surface area contributed by atoms with Crippen LogP contribution in [0, 0.1) is 28.2 Å². The standard InChI is InChI=1S/C25H28ClF2N3O3S/c1-3-14-9-22(31(13-14)25(33)16-5-4-6-17(10-16)35(2,29)34)24(32)30-23(15-7-8-15)18-11-21(28)19(26)12-20(18)27/h4-6,10-12,14-15,22-23,29H,3,7-9,13H2,1-2H3,(H,30,32)/t14-,22-,23?,35?/m1/s1. The molecule has 1 aliphatic heterocycles. The van der Waals surface area contributed by atoms with Gasteiger partial charge in [0, 0.05) is 28.8 Å². The Labute approximate surface area is 209 Å². The van der Waals surface area contributed by atoms with Crippen LogP contribution in [0.2, 0.25) is 5.02 Å². The zero-order valence-corrected chi connectivity index (χ0v) is 21.1. The van der Waals surface area contributed by atoms with E-state index in [9.17, 15) is 22.6 Å². The lowest BCUT2D eigenvalue weighted by molar-refractivity contribution is -0.125. The van der Waals surface area contributed by atoms with Crippen LogP contribution in [0.25, 0.3) is 0 Å². The molecule has 2 aromatic rings. The molecule has 2 fully saturated rings. The van der Waals surface area contributed by atoms with Gasteiger partial charge in [-0.15, -0.1) is 0 Å². The van der Waals surface area contributed by atoms with E-state index in [1.54, 1.807) is 12.1 Å². The van der Waals surface area contributed by atoms with E-state index in [1.165, 1.54) is 23.3 Å². The van der Waals surface area contributed by atoms with Crippen molar-refractivity contribution in [3.05, 3.63) is 64.2 Å². The Hall–Kier alpha value is -2.52. The smallest absolute Gasteiger partial charge is 0.254 e. The van der Waals surface area contributed by atoms with Gasteiger partial charge in [0.25, 0.3) is 5.91 Å². The number of hydrogen-bond donors (Lipinski definition) is 2. The number of benzene rings is 2. The molecule has 1 saturated heterocycles. The molecular formula is C25H28ClF2N3O3S. The molecule has 0 bridgehead atoms. The molecule has 1 heterocycles. The first kappa shape index (κ1) is 25.6. The van der Waals surface area contributed by atoms with Gasteiger partial charge in [0.05, 0.1) is 20.8 Å². The van der Waals surface area contributed by atoms with E-state index >= 15 is 0 Å². The molecule has 1 saturated carbocycles. The molecule has 35 heavy (non-hydrogen) atoms. The molecule has 0 spiro atoms. The molecule has 4 rings (SSSR count). The van der Waals surface area contributed by atoms with E-state index in [0.29, 0.717) is 13.0 Å². The minimum absolute atomic E-state index is 0.0204. The van der Waals surface area contributed by atoms with Crippen molar-refractivity contribution in [2.75, 3.05) is 12.8 Å². The third-order valence-corrected chi connectivity index (χ3v) is 8.27. The molecule has 1 aliphatic carbocycles. The average Bonchev–Trinajstić information content (AvgIpc) is 3.56. The molecule has 188 valence electrons. The lowest BCUT2D eigenvalue weighted by Crippen LogP contribution is -2.47. The molecule has 2 aromatic carbocycles. The molecule has 2 aliphatic rings. The van der Waals surface area contributed by atoms with Crippen molar-refractivity contribution < 1.29 is 22.6 Å². The topological polar surface area (TPSA) is 90.3 Å². The Morgan fingerprint density at radius 1 is 1.23 bits per heavy atom. The fraction of sp³-hybridized carbons (Fsp3) is 0.440. The second kappa shape index (κ2) is 9.85. The van der Waals surface area contributed by atoms with Crippen LogP contribution in [0.4, 0.5) is 8.78 Å². The highest BCUT2D eigenvalue weighted by atomic mass is 35.5. The van der Waals surface area contributed by atoms with Crippen LogP contribution in [-0.4, -0.2) is 39.8 Å². The van der Waals surface area contributed by atoms with Gasteiger partial charge in [-0.1, -0.05) is 31.0 Å². The predicted molar refractivity (Wildman–Crippen MR) is 130 cm³/mol. The molecule has 2 amide bonds. The van der Waals surface area contributed by atoms with Gasteiger partial charge in [0.2, 0.25) is 5.91 Å². The molecular weight excluding hydrogens is 496 g/mol. The Bertz CT molecular complexity index is 1270. The highest BCUT2D eigenvalue weighted by Crippen LogP contribution is 2.43. The predicted octanol–water partition coefficient (Wildman–Crippen LogP) is 5.16. The summed E-state index contributed by atoms with van der Waals surface area (Å²) < 4.78 is 48.8. The summed E-state index contributed by atoms with van der Waals surface area (Å²) in [6.07, 6.45) is 4.05. The molecule has 0 aromatic heterocycles. The summed E-state index contributed by atoms with van der Waals surface area (Å²) >= 11 is 5.70. The zero-order valence-electron chi connectivity index (χ0n) is 19.5.